The highest BCUT2D eigenvalue weighted by Gasteiger charge is 2.37. The number of pyridine rings is 1. The Labute approximate surface area is 399 Å². The van der Waals surface area contributed by atoms with Gasteiger partial charge in [0.25, 0.3) is 6.33 Å². The summed E-state index contributed by atoms with van der Waals surface area (Å²) in [5.41, 5.74) is 11.2. The van der Waals surface area contributed by atoms with E-state index in [1.807, 2.05) is 71.3 Å². The second-order valence-electron chi connectivity index (χ2n) is 20.0. The number of hydrogen-bond donors (Lipinski definition) is 0. The van der Waals surface area contributed by atoms with Crippen LogP contribution >= 0.6 is 0 Å². The molecule has 0 amide bonds. The van der Waals surface area contributed by atoms with Gasteiger partial charge in [0.05, 0.1) is 40.3 Å². The molecule has 5 heteroatoms. The van der Waals surface area contributed by atoms with Gasteiger partial charge in [0.15, 0.2) is 0 Å². The number of para-hydroxylation sites is 4. The average molecular weight is 869 g/mol. The van der Waals surface area contributed by atoms with Crippen molar-refractivity contribution in [3.05, 3.63) is 198 Å². The molecule has 3 aromatic heterocycles. The molecule has 0 aliphatic heterocycles. The van der Waals surface area contributed by atoms with Crippen LogP contribution < -0.4 is 9.30 Å². The van der Waals surface area contributed by atoms with Crippen molar-refractivity contribution in [2.45, 2.75) is 84.4 Å². The Morgan fingerprint density at radius 1 is 0.667 bits per heavy atom. The fraction of sp³-hybridized carbons (Fsp3) is 0.213. The molecular weight excluding hydrogens is 805 g/mol. The Hall–Kier alpha value is -7.24. The van der Waals surface area contributed by atoms with Gasteiger partial charge in [-0.25, -0.2) is 4.98 Å². The Morgan fingerprint density at radius 2 is 1.39 bits per heavy atom. The minimum Gasteiger partial charge on any atom is -0.458 e. The molecule has 0 N–H and O–H groups in total. The summed E-state index contributed by atoms with van der Waals surface area (Å²) in [6.45, 7) is 13.5. The highest BCUT2D eigenvalue weighted by Crippen LogP contribution is 2.48. The third kappa shape index (κ3) is 7.00. The standard InChI is InChI=1S/C61H56N4O/c1-40-34-57(62-38-49(40)41-18-10-9-11-19-41)65-53-25-13-12-22-47(53)48-30-29-45(37-56(48)65)66-44-21-16-20-43(36-44)63-39-64(55-27-15-14-26-54(55)63)58-46(23-17-24-51(58)59(2,3)4)42-28-31-50-52(35-42)61(7,8)33-32-60(50,5)6/h9-31,34-38H,32-33H2,1-8H3/i1D3,9D,10D,11D,18D,19D. The van der Waals surface area contributed by atoms with E-state index in [9.17, 15) is 0 Å². The summed E-state index contributed by atoms with van der Waals surface area (Å²) < 4.78 is 80.6. The number of imidazole rings is 1. The second kappa shape index (κ2) is 15.4. The molecule has 0 atom stereocenters. The van der Waals surface area contributed by atoms with Gasteiger partial charge in [-0.3, -0.25) is 13.7 Å². The summed E-state index contributed by atoms with van der Waals surface area (Å²) in [7, 11) is 0. The van der Waals surface area contributed by atoms with Crippen molar-refractivity contribution in [3.63, 3.8) is 0 Å². The number of aromatic nitrogens is 4. The maximum atomic E-state index is 8.63. The summed E-state index contributed by atoms with van der Waals surface area (Å²) in [4.78, 5) is 4.74. The molecule has 7 aromatic carbocycles. The molecule has 5 nitrogen and oxygen atoms in total. The molecule has 0 saturated heterocycles. The molecule has 1 aliphatic rings. The van der Waals surface area contributed by atoms with Crippen molar-refractivity contribution in [1.82, 2.24) is 14.1 Å². The van der Waals surface area contributed by atoms with Crippen LogP contribution in [0.15, 0.2) is 170 Å². The molecule has 10 aromatic rings. The lowest BCUT2D eigenvalue weighted by atomic mass is 9.63. The van der Waals surface area contributed by atoms with Gasteiger partial charge in [-0.1, -0.05) is 164 Å². The molecule has 66 heavy (non-hydrogen) atoms. The maximum absolute atomic E-state index is 8.63. The van der Waals surface area contributed by atoms with Gasteiger partial charge in [0.2, 0.25) is 0 Å². The van der Waals surface area contributed by atoms with Crippen LogP contribution in [0.5, 0.6) is 11.5 Å². The molecule has 326 valence electrons. The molecule has 0 radical (unpaired) electrons. The zero-order valence-corrected chi connectivity index (χ0v) is 38.4. The van der Waals surface area contributed by atoms with E-state index in [4.69, 9.17) is 20.7 Å². The van der Waals surface area contributed by atoms with Gasteiger partial charge < -0.3 is 4.74 Å². The third-order valence-corrected chi connectivity index (χ3v) is 13.6. The Kier molecular flexibility index (Phi) is 7.79. The fourth-order valence-electron chi connectivity index (χ4n) is 10.0. The number of aryl methyl sites for hydroxylation is 1. The minimum atomic E-state index is -2.73. The smallest absolute Gasteiger partial charge is 0.269 e. The van der Waals surface area contributed by atoms with Crippen LogP contribution in [0, 0.1) is 13.2 Å². The quantitative estimate of drug-likeness (QED) is 0.118. The van der Waals surface area contributed by atoms with E-state index >= 15 is 0 Å². The predicted molar refractivity (Wildman–Crippen MR) is 272 cm³/mol. The van der Waals surface area contributed by atoms with E-state index in [0.717, 1.165) is 57.1 Å². The third-order valence-electron chi connectivity index (χ3n) is 13.6. The highest BCUT2D eigenvalue weighted by molar-refractivity contribution is 6.09. The van der Waals surface area contributed by atoms with E-state index in [1.165, 1.54) is 34.5 Å². The monoisotopic (exact) mass is 868 g/mol. The van der Waals surface area contributed by atoms with Gasteiger partial charge >= 0.3 is 0 Å². The van der Waals surface area contributed by atoms with Crippen molar-refractivity contribution >= 4 is 32.8 Å². The Morgan fingerprint density at radius 3 is 2.20 bits per heavy atom. The van der Waals surface area contributed by atoms with E-state index < -0.39 is 37.1 Å². The number of rotatable bonds is 7. The molecule has 0 spiro atoms. The average Bonchev–Trinajstić information content (AvgIpc) is 3.92. The molecule has 1 aliphatic carbocycles. The van der Waals surface area contributed by atoms with Crippen LogP contribution in [0.4, 0.5) is 0 Å². The normalized spacial score (nSPS) is 16.4. The van der Waals surface area contributed by atoms with Crippen molar-refractivity contribution < 1.29 is 20.3 Å². The number of hydrogen-bond acceptors (Lipinski definition) is 2. The van der Waals surface area contributed by atoms with Crippen LogP contribution in [0.3, 0.4) is 0 Å². The maximum Gasteiger partial charge on any atom is 0.269 e. The molecular formula is C61H56N4O. The summed E-state index contributed by atoms with van der Waals surface area (Å²) >= 11 is 0. The molecule has 0 unspecified atom stereocenters. The Bertz CT molecular complexity index is 3900. The predicted octanol–water partition coefficient (Wildman–Crippen LogP) is 15.3. The lowest BCUT2D eigenvalue weighted by molar-refractivity contribution is -0.572. The van der Waals surface area contributed by atoms with Gasteiger partial charge in [0.1, 0.15) is 17.3 Å². The lowest BCUT2D eigenvalue weighted by Gasteiger charge is -2.42. The van der Waals surface area contributed by atoms with Crippen LogP contribution in [0.1, 0.15) is 94.5 Å². The molecule has 3 heterocycles. The summed E-state index contributed by atoms with van der Waals surface area (Å²) in [6.07, 6.45) is 7.39. The summed E-state index contributed by atoms with van der Waals surface area (Å²) in [5, 5.41) is 1.78. The van der Waals surface area contributed by atoms with Crippen LogP contribution in [-0.4, -0.2) is 14.1 Å². The summed E-state index contributed by atoms with van der Waals surface area (Å²) in [5.74, 6) is 1.39. The van der Waals surface area contributed by atoms with Crippen LogP contribution in [0.2, 0.25) is 0 Å². The zero-order valence-electron chi connectivity index (χ0n) is 46.4. The number of fused-ring (bicyclic) bond motifs is 5. The van der Waals surface area contributed by atoms with E-state index in [0.29, 0.717) is 17.0 Å². The topological polar surface area (TPSA) is 35.9 Å². The fourth-order valence-corrected chi connectivity index (χ4v) is 10.0. The number of ether oxygens (including phenoxy) is 1. The largest absolute Gasteiger partial charge is 0.458 e. The van der Waals surface area contributed by atoms with Crippen molar-refractivity contribution in [1.29, 1.82) is 0 Å². The van der Waals surface area contributed by atoms with Gasteiger partial charge in [0, 0.05) is 32.7 Å². The molecule has 0 saturated carbocycles. The lowest BCUT2D eigenvalue weighted by Crippen LogP contribution is -2.35. The van der Waals surface area contributed by atoms with Crippen molar-refractivity contribution in [3.8, 4) is 50.9 Å². The molecule has 11 rings (SSSR count). The van der Waals surface area contributed by atoms with Gasteiger partial charge in [-0.05, 0) is 117 Å². The molecule has 0 bridgehead atoms. The Balaban J connectivity index is 1.01. The summed E-state index contributed by atoms with van der Waals surface area (Å²) in [6, 6.07) is 42.4. The first kappa shape index (κ1) is 33.3. The van der Waals surface area contributed by atoms with E-state index in [2.05, 4.69) is 125 Å². The SMILES string of the molecule is [2H]c1c([2H])c([2H])c(-c2cnc(-n3c4ccccc4c4ccc(Oc5cccc(-n6[c-][n+](-c7c(-c8ccc9c(c8)C(C)(C)CCC9(C)C)cccc7C(C)(C)C)c7ccccc76)c5)cc43)cc2C([2H])([2H])[2H])c([2H])c1[2H]. The van der Waals surface area contributed by atoms with E-state index in [1.54, 1.807) is 0 Å². The highest BCUT2D eigenvalue weighted by atomic mass is 16.5. The van der Waals surface area contributed by atoms with Crippen LogP contribution in [0.25, 0.3) is 72.3 Å². The van der Waals surface area contributed by atoms with Gasteiger partial charge in [-0.2, -0.15) is 0 Å². The molecule has 0 fully saturated rings. The van der Waals surface area contributed by atoms with E-state index in [-0.39, 0.29) is 38.8 Å². The number of nitrogens with zero attached hydrogens (tertiary/aromatic N) is 4. The number of benzene rings is 7. The van der Waals surface area contributed by atoms with Crippen LogP contribution in [-0.2, 0) is 16.2 Å². The first-order chi connectivity index (χ1) is 35.0. The van der Waals surface area contributed by atoms with Gasteiger partial charge in [-0.15, -0.1) is 0 Å². The minimum absolute atomic E-state index is 0.0487. The first-order valence-corrected chi connectivity index (χ1v) is 22.7. The zero-order chi connectivity index (χ0) is 52.4. The van der Waals surface area contributed by atoms with Crippen molar-refractivity contribution in [2.75, 3.05) is 0 Å². The second-order valence-corrected chi connectivity index (χ2v) is 20.0. The first-order valence-electron chi connectivity index (χ1n) is 26.7. The van der Waals surface area contributed by atoms with Crippen molar-refractivity contribution in [2.24, 2.45) is 0 Å².